The number of nitrogens with zero attached hydrogens (tertiary/aromatic N) is 1. The van der Waals surface area contributed by atoms with Crippen LogP contribution in [0.15, 0.2) is 35.9 Å². The van der Waals surface area contributed by atoms with Crippen LogP contribution in [-0.2, 0) is 14.3 Å². The molecule has 0 radical (unpaired) electrons. The fourth-order valence-corrected chi connectivity index (χ4v) is 4.54. The normalized spacial score (nSPS) is 10.8. The van der Waals surface area contributed by atoms with Crippen molar-refractivity contribution in [1.29, 1.82) is 5.26 Å². The molecule has 1 amide bonds. The summed E-state index contributed by atoms with van der Waals surface area (Å²) >= 11 is 10.2. The average molecular weight is 637 g/mol. The molecule has 0 saturated carbocycles. The minimum Gasteiger partial charge on any atom is -0.480 e. The van der Waals surface area contributed by atoms with Crippen LogP contribution in [0, 0.1) is 25.4 Å². The number of carbonyl (C=O) groups excluding carboxylic acids is 2. The van der Waals surface area contributed by atoms with Crippen LogP contribution in [-0.4, -0.2) is 25.6 Å². The van der Waals surface area contributed by atoms with E-state index in [9.17, 15) is 14.9 Å². The molecule has 0 atom stereocenters. The van der Waals surface area contributed by atoms with Gasteiger partial charge >= 0.3 is 5.97 Å². The first-order valence-corrected chi connectivity index (χ1v) is 10.7. The van der Waals surface area contributed by atoms with Crippen LogP contribution in [0.25, 0.3) is 6.08 Å². The number of rotatable bonds is 6. The summed E-state index contributed by atoms with van der Waals surface area (Å²) in [5, 5.41) is 12.7. The molecule has 9 heteroatoms. The highest BCUT2D eigenvalue weighted by Crippen LogP contribution is 2.30. The second-order valence-electron chi connectivity index (χ2n) is 5.71. The number of anilines is 1. The number of nitriles is 1. The SMILES string of the molecule is COC(=O)COc1c(I)cc(/C=C(/C#N)C(=O)Nc2cccc(Cl)c2C)cc1I. The van der Waals surface area contributed by atoms with Crippen molar-refractivity contribution in [3.05, 3.63) is 59.2 Å². The van der Waals surface area contributed by atoms with Crippen molar-refractivity contribution in [2.24, 2.45) is 0 Å². The lowest BCUT2D eigenvalue weighted by molar-refractivity contribution is -0.142. The van der Waals surface area contributed by atoms with Gasteiger partial charge in [-0.15, -0.1) is 0 Å². The predicted octanol–water partition coefficient (Wildman–Crippen LogP) is 4.96. The Bertz CT molecular complexity index is 1010. The molecule has 0 aliphatic carbocycles. The van der Waals surface area contributed by atoms with Gasteiger partial charge < -0.3 is 14.8 Å². The van der Waals surface area contributed by atoms with Crippen molar-refractivity contribution in [3.63, 3.8) is 0 Å². The molecule has 0 saturated heterocycles. The van der Waals surface area contributed by atoms with Crippen molar-refractivity contribution in [1.82, 2.24) is 0 Å². The molecule has 0 spiro atoms. The van der Waals surface area contributed by atoms with Crippen LogP contribution >= 0.6 is 56.8 Å². The lowest BCUT2D eigenvalue weighted by Gasteiger charge is -2.11. The maximum atomic E-state index is 12.5. The van der Waals surface area contributed by atoms with Crippen molar-refractivity contribution in [2.75, 3.05) is 19.0 Å². The van der Waals surface area contributed by atoms with Gasteiger partial charge in [0.25, 0.3) is 5.91 Å². The van der Waals surface area contributed by atoms with E-state index in [0.717, 1.165) is 12.7 Å². The smallest absolute Gasteiger partial charge is 0.343 e. The summed E-state index contributed by atoms with van der Waals surface area (Å²) in [6.45, 7) is 1.58. The highest BCUT2D eigenvalue weighted by atomic mass is 127. The van der Waals surface area contributed by atoms with Gasteiger partial charge in [-0.3, -0.25) is 4.79 Å². The van der Waals surface area contributed by atoms with Crippen LogP contribution < -0.4 is 10.1 Å². The molecule has 0 aromatic heterocycles. The molecule has 2 rings (SSSR count). The summed E-state index contributed by atoms with van der Waals surface area (Å²) in [6, 6.07) is 10.6. The molecular formula is C20H15ClI2N2O4. The third kappa shape index (κ3) is 6.32. The number of hydrogen-bond acceptors (Lipinski definition) is 5. The maximum absolute atomic E-state index is 12.5. The average Bonchev–Trinajstić information content (AvgIpc) is 2.68. The maximum Gasteiger partial charge on any atom is 0.343 e. The highest BCUT2D eigenvalue weighted by molar-refractivity contribution is 14.1. The van der Waals surface area contributed by atoms with Crippen molar-refractivity contribution >= 4 is 80.4 Å². The molecule has 0 unspecified atom stereocenters. The summed E-state index contributed by atoms with van der Waals surface area (Å²) in [5.74, 6) is -0.486. The molecule has 0 bridgehead atoms. The summed E-state index contributed by atoms with van der Waals surface area (Å²) in [4.78, 5) is 23.8. The Morgan fingerprint density at radius 2 is 1.93 bits per heavy atom. The Kier molecular flexibility index (Phi) is 8.73. The molecule has 6 nitrogen and oxygen atoms in total. The Labute approximate surface area is 200 Å². The van der Waals surface area contributed by atoms with Crippen LogP contribution in [0.3, 0.4) is 0 Å². The fraction of sp³-hybridized carbons (Fsp3) is 0.150. The minimum atomic E-state index is -0.533. The number of carbonyl (C=O) groups is 2. The third-order valence-corrected chi connectivity index (χ3v) is 5.79. The zero-order valence-electron chi connectivity index (χ0n) is 15.4. The first-order chi connectivity index (χ1) is 13.8. The number of benzene rings is 2. The quantitative estimate of drug-likeness (QED) is 0.210. The zero-order chi connectivity index (χ0) is 21.6. The number of nitrogens with one attached hydrogen (secondary N) is 1. The van der Waals surface area contributed by atoms with Gasteiger partial charge in [-0.1, -0.05) is 17.7 Å². The lowest BCUT2D eigenvalue weighted by Crippen LogP contribution is -2.14. The lowest BCUT2D eigenvalue weighted by atomic mass is 10.1. The molecule has 29 heavy (non-hydrogen) atoms. The Balaban J connectivity index is 2.26. The summed E-state index contributed by atoms with van der Waals surface area (Å²) in [7, 11) is 1.29. The van der Waals surface area contributed by atoms with Gasteiger partial charge in [0, 0.05) is 10.7 Å². The summed E-state index contributed by atoms with van der Waals surface area (Å²) in [5.41, 5.74) is 1.85. The van der Waals surface area contributed by atoms with E-state index < -0.39 is 11.9 Å². The van der Waals surface area contributed by atoms with Crippen molar-refractivity contribution in [3.8, 4) is 11.8 Å². The first-order valence-electron chi connectivity index (χ1n) is 8.13. The largest absolute Gasteiger partial charge is 0.480 e. The first kappa shape index (κ1) is 23.4. The fourth-order valence-electron chi connectivity index (χ4n) is 2.24. The molecule has 0 aliphatic rings. The highest BCUT2D eigenvalue weighted by Gasteiger charge is 2.14. The van der Waals surface area contributed by atoms with Crippen molar-refractivity contribution < 1.29 is 19.1 Å². The molecule has 0 fully saturated rings. The van der Waals surface area contributed by atoms with E-state index in [0.29, 0.717) is 22.0 Å². The van der Waals surface area contributed by atoms with E-state index in [1.807, 2.05) is 6.07 Å². The van der Waals surface area contributed by atoms with E-state index in [2.05, 4.69) is 55.2 Å². The molecule has 150 valence electrons. The number of esters is 1. The van der Waals surface area contributed by atoms with E-state index in [-0.39, 0.29) is 12.2 Å². The predicted molar refractivity (Wildman–Crippen MR) is 128 cm³/mol. The molecule has 0 aliphatic heterocycles. The van der Waals surface area contributed by atoms with E-state index in [4.69, 9.17) is 16.3 Å². The van der Waals surface area contributed by atoms with E-state index >= 15 is 0 Å². The minimum absolute atomic E-state index is 0.0563. The third-order valence-electron chi connectivity index (χ3n) is 3.77. The molecule has 0 heterocycles. The second kappa shape index (κ2) is 10.8. The van der Waals surface area contributed by atoms with E-state index in [1.165, 1.54) is 13.2 Å². The van der Waals surface area contributed by atoms with Crippen LogP contribution in [0.4, 0.5) is 5.69 Å². The van der Waals surface area contributed by atoms with Crippen molar-refractivity contribution in [2.45, 2.75) is 6.92 Å². The van der Waals surface area contributed by atoms with Gasteiger partial charge in [-0.2, -0.15) is 5.26 Å². The van der Waals surface area contributed by atoms with Gasteiger partial charge in [0.1, 0.15) is 17.4 Å². The van der Waals surface area contributed by atoms with Gasteiger partial charge in [-0.25, -0.2) is 4.79 Å². The van der Waals surface area contributed by atoms with Crippen LogP contribution in [0.2, 0.25) is 5.02 Å². The Morgan fingerprint density at radius 1 is 1.28 bits per heavy atom. The zero-order valence-corrected chi connectivity index (χ0v) is 20.5. The Morgan fingerprint density at radius 3 is 2.52 bits per heavy atom. The number of halogens is 3. The van der Waals surface area contributed by atoms with Gasteiger partial charge in [0.05, 0.1) is 14.3 Å². The number of amides is 1. The number of methoxy groups -OCH3 is 1. The summed E-state index contributed by atoms with van der Waals surface area (Å²) < 4.78 is 11.5. The van der Waals surface area contributed by atoms with E-state index in [1.54, 1.807) is 37.3 Å². The van der Waals surface area contributed by atoms with Crippen LogP contribution in [0.1, 0.15) is 11.1 Å². The molecular weight excluding hydrogens is 621 g/mol. The number of ether oxygens (including phenoxy) is 2. The molecule has 1 N–H and O–H groups in total. The second-order valence-corrected chi connectivity index (χ2v) is 8.45. The molecule has 2 aromatic rings. The van der Waals surface area contributed by atoms with Crippen LogP contribution in [0.5, 0.6) is 5.75 Å². The van der Waals surface area contributed by atoms with Gasteiger partial charge in [0.2, 0.25) is 0 Å². The Hall–Kier alpha value is -1.84. The van der Waals surface area contributed by atoms with Gasteiger partial charge in [0.15, 0.2) is 6.61 Å². The molecule has 2 aromatic carbocycles. The summed E-state index contributed by atoms with van der Waals surface area (Å²) in [6.07, 6.45) is 1.49. The van der Waals surface area contributed by atoms with Gasteiger partial charge in [-0.05, 0) is 93.6 Å². The monoisotopic (exact) mass is 636 g/mol. The standard InChI is InChI=1S/C20H15ClI2N2O4/c1-11-14(21)4-3-5-17(11)25-20(27)13(9-24)6-12-7-15(22)19(16(23)8-12)29-10-18(26)28-2/h3-8H,10H2,1-2H3,(H,25,27)/b13-6-. The topological polar surface area (TPSA) is 88.4 Å². The number of hydrogen-bond donors (Lipinski definition) is 1.